The van der Waals surface area contributed by atoms with Gasteiger partial charge in [-0.05, 0) is 66.4 Å². The van der Waals surface area contributed by atoms with Gasteiger partial charge in [-0.1, -0.05) is 44.2 Å². The topological polar surface area (TPSA) is 52.6 Å². The minimum Gasteiger partial charge on any atom is -0.497 e. The van der Waals surface area contributed by atoms with Crippen LogP contribution in [0.4, 0.5) is 0 Å². The highest BCUT2D eigenvalue weighted by molar-refractivity contribution is 7.96. The highest BCUT2D eigenvalue weighted by Gasteiger charge is 2.30. The van der Waals surface area contributed by atoms with Gasteiger partial charge in [-0.2, -0.15) is 0 Å². The van der Waals surface area contributed by atoms with E-state index in [4.69, 9.17) is 9.47 Å². The predicted octanol–water partition coefficient (Wildman–Crippen LogP) is 6.30. The molecule has 168 valence electrons. The van der Waals surface area contributed by atoms with Gasteiger partial charge in [0.1, 0.15) is 11.5 Å². The summed E-state index contributed by atoms with van der Waals surface area (Å²) in [5, 5.41) is 1.88. The van der Waals surface area contributed by atoms with Gasteiger partial charge >= 0.3 is 5.97 Å². The Hall–Kier alpha value is -2.79. The molecule has 0 saturated carbocycles. The van der Waals surface area contributed by atoms with Gasteiger partial charge in [-0.3, -0.25) is 9.59 Å². The number of esters is 1. The van der Waals surface area contributed by atoms with E-state index in [1.165, 1.54) is 0 Å². The second-order valence-electron chi connectivity index (χ2n) is 9.02. The molecule has 0 N–H and O–H groups in total. The van der Waals surface area contributed by atoms with Gasteiger partial charge in [-0.25, -0.2) is 0 Å². The maximum atomic E-state index is 13.1. The fourth-order valence-electron chi connectivity index (χ4n) is 4.31. The smallest absolute Gasteiger partial charge is 0.318 e. The van der Waals surface area contributed by atoms with Gasteiger partial charge in [-0.15, -0.1) is 12.6 Å². The van der Waals surface area contributed by atoms with E-state index in [1.807, 2.05) is 83.1 Å². The first-order valence-electron chi connectivity index (χ1n) is 10.6. The Kier molecular flexibility index (Phi) is 6.99. The number of hydrogen-bond acceptors (Lipinski definition) is 4. The predicted molar refractivity (Wildman–Crippen MR) is 132 cm³/mol. The van der Waals surface area contributed by atoms with E-state index in [0.29, 0.717) is 5.75 Å². The standard InChI is InChI=1S/C27H30O4S/c1-16-11-17(2)25(27(4,5)15-24(28)32)23(12-16)31-26(29)18(3)19-7-8-21-14-22(30-6)10-9-20(21)13-19/h7-14,18H,15H2,1-6H3,(H,28,32). The lowest BCUT2D eigenvalue weighted by Crippen LogP contribution is -2.25. The van der Waals surface area contributed by atoms with Crippen molar-refractivity contribution in [2.75, 3.05) is 7.11 Å². The van der Waals surface area contributed by atoms with Crippen molar-refractivity contribution in [1.29, 1.82) is 0 Å². The van der Waals surface area contributed by atoms with E-state index in [1.54, 1.807) is 7.11 Å². The molecule has 3 aromatic rings. The van der Waals surface area contributed by atoms with E-state index < -0.39 is 11.3 Å². The summed E-state index contributed by atoms with van der Waals surface area (Å²) in [6.07, 6.45) is 0.244. The lowest BCUT2D eigenvalue weighted by Gasteiger charge is -2.28. The first kappa shape index (κ1) is 23.9. The average molecular weight is 451 g/mol. The third-order valence-electron chi connectivity index (χ3n) is 5.85. The first-order valence-corrected chi connectivity index (χ1v) is 11.1. The van der Waals surface area contributed by atoms with Crippen LogP contribution in [-0.2, 0) is 15.0 Å². The molecule has 1 unspecified atom stereocenters. The molecule has 0 aliphatic carbocycles. The molecule has 4 nitrogen and oxygen atoms in total. The Labute approximate surface area is 195 Å². The molecule has 5 heteroatoms. The van der Waals surface area contributed by atoms with Gasteiger partial charge in [0.25, 0.3) is 0 Å². The number of aryl methyl sites for hydroxylation is 2. The van der Waals surface area contributed by atoms with Crippen molar-refractivity contribution < 1.29 is 19.1 Å². The molecule has 0 bridgehead atoms. The number of benzene rings is 3. The van der Waals surface area contributed by atoms with Crippen molar-refractivity contribution in [2.45, 2.75) is 52.4 Å². The van der Waals surface area contributed by atoms with Crippen molar-refractivity contribution in [3.05, 3.63) is 70.8 Å². The molecule has 0 heterocycles. The van der Waals surface area contributed by atoms with Crippen LogP contribution in [0.2, 0.25) is 0 Å². The number of thiol groups is 1. The normalized spacial score (nSPS) is 12.5. The van der Waals surface area contributed by atoms with Gasteiger partial charge in [0, 0.05) is 17.4 Å². The fourth-order valence-corrected chi connectivity index (χ4v) is 4.71. The average Bonchev–Trinajstić information content (AvgIpc) is 2.70. The highest BCUT2D eigenvalue weighted by Crippen LogP contribution is 2.39. The summed E-state index contributed by atoms with van der Waals surface area (Å²) in [5.41, 5.74) is 3.20. The molecule has 0 aliphatic rings. The minimum absolute atomic E-state index is 0.201. The van der Waals surface area contributed by atoms with E-state index in [9.17, 15) is 9.59 Å². The number of ether oxygens (including phenoxy) is 2. The molecule has 0 amide bonds. The number of hydrogen-bond donors (Lipinski definition) is 1. The Morgan fingerprint density at radius 3 is 2.31 bits per heavy atom. The van der Waals surface area contributed by atoms with Crippen LogP contribution < -0.4 is 9.47 Å². The van der Waals surface area contributed by atoms with Crippen molar-refractivity contribution in [3.8, 4) is 11.5 Å². The monoisotopic (exact) mass is 450 g/mol. The van der Waals surface area contributed by atoms with Crippen LogP contribution in [0.15, 0.2) is 48.5 Å². The summed E-state index contributed by atoms with van der Waals surface area (Å²) in [6.45, 7) is 9.73. The number of carbonyl (C=O) groups is 2. The number of rotatable bonds is 7. The van der Waals surface area contributed by atoms with Crippen LogP contribution >= 0.6 is 12.6 Å². The summed E-state index contributed by atoms with van der Waals surface area (Å²) in [6, 6.07) is 15.7. The van der Waals surface area contributed by atoms with Crippen LogP contribution in [0.5, 0.6) is 11.5 Å². The third-order valence-corrected chi connectivity index (χ3v) is 6.01. The molecule has 0 fully saturated rings. The van der Waals surface area contributed by atoms with Gasteiger partial charge in [0.2, 0.25) is 0 Å². The van der Waals surface area contributed by atoms with Gasteiger partial charge in [0.05, 0.1) is 13.0 Å². The SMILES string of the molecule is COc1ccc2cc(C(C)C(=O)Oc3cc(C)cc(C)c3C(C)(C)CC(=O)S)ccc2c1. The highest BCUT2D eigenvalue weighted by atomic mass is 32.1. The maximum Gasteiger partial charge on any atom is 0.318 e. The summed E-state index contributed by atoms with van der Waals surface area (Å²) >= 11 is 3.97. The second kappa shape index (κ2) is 9.37. The Morgan fingerprint density at radius 1 is 1.00 bits per heavy atom. The zero-order valence-corrected chi connectivity index (χ0v) is 20.4. The summed E-state index contributed by atoms with van der Waals surface area (Å²) in [4.78, 5) is 24.9. The Bertz CT molecular complexity index is 1180. The molecule has 0 aromatic heterocycles. The zero-order chi connectivity index (χ0) is 23.6. The van der Waals surface area contributed by atoms with Crippen LogP contribution in [0.25, 0.3) is 10.8 Å². The number of carbonyl (C=O) groups excluding carboxylic acids is 2. The van der Waals surface area contributed by atoms with E-state index in [-0.39, 0.29) is 17.5 Å². The molecule has 3 rings (SSSR count). The lowest BCUT2D eigenvalue weighted by molar-refractivity contribution is -0.135. The molecular formula is C27H30O4S. The molecule has 0 spiro atoms. The molecule has 3 aromatic carbocycles. The molecule has 32 heavy (non-hydrogen) atoms. The summed E-state index contributed by atoms with van der Waals surface area (Å²) in [5.74, 6) is 0.508. The van der Waals surface area contributed by atoms with E-state index >= 15 is 0 Å². The van der Waals surface area contributed by atoms with Crippen LogP contribution in [0.3, 0.4) is 0 Å². The fraction of sp³-hybridized carbons (Fsp3) is 0.333. The molecule has 0 radical (unpaired) electrons. The molecule has 1 atom stereocenters. The largest absolute Gasteiger partial charge is 0.497 e. The van der Waals surface area contributed by atoms with Gasteiger partial charge in [0.15, 0.2) is 5.12 Å². The Balaban J connectivity index is 1.93. The molecule has 0 saturated heterocycles. The van der Waals surface area contributed by atoms with Crippen LogP contribution in [0, 0.1) is 13.8 Å². The van der Waals surface area contributed by atoms with Crippen molar-refractivity contribution in [1.82, 2.24) is 0 Å². The van der Waals surface area contributed by atoms with Crippen LogP contribution in [-0.4, -0.2) is 18.2 Å². The maximum absolute atomic E-state index is 13.1. The minimum atomic E-state index is -0.516. The number of fused-ring (bicyclic) bond motifs is 1. The van der Waals surface area contributed by atoms with Crippen molar-refractivity contribution in [3.63, 3.8) is 0 Å². The van der Waals surface area contributed by atoms with Gasteiger partial charge < -0.3 is 9.47 Å². The van der Waals surface area contributed by atoms with E-state index in [0.717, 1.165) is 38.8 Å². The summed E-state index contributed by atoms with van der Waals surface area (Å²) in [7, 11) is 1.64. The lowest BCUT2D eigenvalue weighted by atomic mass is 9.78. The zero-order valence-electron chi connectivity index (χ0n) is 19.5. The third kappa shape index (κ3) is 5.16. The van der Waals surface area contributed by atoms with E-state index in [2.05, 4.69) is 12.6 Å². The second-order valence-corrected chi connectivity index (χ2v) is 9.52. The first-order chi connectivity index (χ1) is 15.0. The molecule has 0 aliphatic heterocycles. The van der Waals surface area contributed by atoms with Crippen LogP contribution in [0.1, 0.15) is 55.4 Å². The quantitative estimate of drug-likeness (QED) is 0.261. The summed E-state index contributed by atoms with van der Waals surface area (Å²) < 4.78 is 11.2. The molecular weight excluding hydrogens is 420 g/mol. The van der Waals surface area contributed by atoms with Crippen molar-refractivity contribution in [2.24, 2.45) is 0 Å². The Morgan fingerprint density at radius 2 is 1.66 bits per heavy atom. The number of methoxy groups -OCH3 is 1. The van der Waals surface area contributed by atoms with Crippen molar-refractivity contribution >= 4 is 34.5 Å².